The zero-order valence-corrected chi connectivity index (χ0v) is 12.0. The topological polar surface area (TPSA) is 107 Å². The highest BCUT2D eigenvalue weighted by atomic mass is 16.3. The molecule has 0 aliphatic carbocycles. The van der Waals surface area contributed by atoms with Crippen molar-refractivity contribution in [2.75, 3.05) is 13.6 Å². The van der Waals surface area contributed by atoms with Gasteiger partial charge in [0.2, 0.25) is 5.91 Å². The van der Waals surface area contributed by atoms with Crippen LogP contribution >= 0.6 is 0 Å². The van der Waals surface area contributed by atoms with E-state index in [1.807, 2.05) is 0 Å². The van der Waals surface area contributed by atoms with E-state index in [2.05, 4.69) is 0 Å². The molecule has 5 N–H and O–H groups in total. The summed E-state index contributed by atoms with van der Waals surface area (Å²) in [5, 5.41) is 28.3. The number of nitrogens with zero attached hydrogens (tertiary/aromatic N) is 1. The maximum atomic E-state index is 12.1. The van der Waals surface area contributed by atoms with Crippen LogP contribution in [0.3, 0.4) is 0 Å². The van der Waals surface area contributed by atoms with Crippen molar-refractivity contribution < 1.29 is 20.1 Å². The quantitative estimate of drug-likeness (QED) is 0.577. The van der Waals surface area contributed by atoms with Gasteiger partial charge in [0.1, 0.15) is 0 Å². The van der Waals surface area contributed by atoms with Gasteiger partial charge < -0.3 is 26.0 Å². The molecule has 0 radical (unpaired) electrons. The molecule has 6 heteroatoms. The van der Waals surface area contributed by atoms with Gasteiger partial charge in [0.25, 0.3) is 0 Å². The molecule has 6 nitrogen and oxygen atoms in total. The molecule has 0 aliphatic rings. The summed E-state index contributed by atoms with van der Waals surface area (Å²) in [5.41, 5.74) is 5.51. The van der Waals surface area contributed by atoms with Gasteiger partial charge in [-0.25, -0.2) is 0 Å². The number of hydrogen-bond donors (Lipinski definition) is 4. The minimum absolute atomic E-state index is 0.181. The van der Waals surface area contributed by atoms with Gasteiger partial charge in [-0.3, -0.25) is 4.79 Å². The molecule has 112 valence electrons. The molecule has 20 heavy (non-hydrogen) atoms. The summed E-state index contributed by atoms with van der Waals surface area (Å²) in [4.78, 5) is 13.4. The highest BCUT2D eigenvalue weighted by Gasteiger charge is 2.23. The molecule has 0 fully saturated rings. The molecule has 0 unspecified atom stereocenters. The van der Waals surface area contributed by atoms with Gasteiger partial charge in [-0.1, -0.05) is 6.07 Å². The molecule has 1 rings (SSSR count). The fourth-order valence-corrected chi connectivity index (χ4v) is 1.98. The number of aliphatic hydroxyl groups is 1. The highest BCUT2D eigenvalue weighted by Crippen LogP contribution is 2.25. The first-order chi connectivity index (χ1) is 9.10. The molecule has 0 aromatic heterocycles. The van der Waals surface area contributed by atoms with E-state index in [-0.39, 0.29) is 30.4 Å². The predicted molar refractivity (Wildman–Crippen MR) is 75.4 cm³/mol. The maximum absolute atomic E-state index is 12.1. The first-order valence-corrected chi connectivity index (χ1v) is 6.34. The molecule has 0 aliphatic heterocycles. The molecular weight excluding hydrogens is 260 g/mol. The summed E-state index contributed by atoms with van der Waals surface area (Å²) < 4.78 is 0. The van der Waals surface area contributed by atoms with E-state index in [4.69, 9.17) is 5.73 Å². The van der Waals surface area contributed by atoms with Gasteiger partial charge in [0.05, 0.1) is 11.6 Å². The molecular formula is C14H22N2O4. The summed E-state index contributed by atoms with van der Waals surface area (Å²) in [6.07, 6.45) is 0.239. The fourth-order valence-electron chi connectivity index (χ4n) is 1.98. The van der Waals surface area contributed by atoms with Crippen LogP contribution in [0.15, 0.2) is 18.2 Å². The number of benzene rings is 1. The van der Waals surface area contributed by atoms with Crippen LogP contribution in [0.2, 0.25) is 0 Å². The zero-order valence-electron chi connectivity index (χ0n) is 12.0. The molecule has 0 saturated carbocycles. The van der Waals surface area contributed by atoms with E-state index in [9.17, 15) is 20.1 Å². The van der Waals surface area contributed by atoms with Gasteiger partial charge in [0.15, 0.2) is 11.5 Å². The van der Waals surface area contributed by atoms with Crippen molar-refractivity contribution >= 4 is 5.91 Å². The average molecular weight is 282 g/mol. The second kappa shape index (κ2) is 6.11. The minimum atomic E-state index is -0.985. The number of aromatic hydroxyl groups is 2. The molecule has 1 aromatic rings. The first-order valence-electron chi connectivity index (χ1n) is 6.34. The largest absolute Gasteiger partial charge is 0.504 e. The van der Waals surface area contributed by atoms with E-state index >= 15 is 0 Å². The summed E-state index contributed by atoms with van der Waals surface area (Å²) in [6, 6.07) is 3.55. The van der Waals surface area contributed by atoms with Crippen LogP contribution in [0.25, 0.3) is 0 Å². The van der Waals surface area contributed by atoms with Crippen LogP contribution < -0.4 is 5.73 Å². The maximum Gasteiger partial charge on any atom is 0.239 e. The Morgan fingerprint density at radius 1 is 1.35 bits per heavy atom. The summed E-state index contributed by atoms with van der Waals surface area (Å²) >= 11 is 0. The van der Waals surface area contributed by atoms with Crippen LogP contribution in [-0.4, -0.2) is 51.4 Å². The zero-order chi connectivity index (χ0) is 15.5. The third kappa shape index (κ3) is 4.71. The highest BCUT2D eigenvalue weighted by molar-refractivity contribution is 5.81. The molecule has 0 spiro atoms. The number of carbonyl (C=O) groups excluding carboxylic acids is 1. The standard InChI is InChI=1S/C14H22N2O4/c1-14(2,20)8-16(3)13(19)10(15)6-9-4-5-11(17)12(18)7-9/h4-5,7,10,17-18,20H,6,8,15H2,1-3H3/t10-/m0/s1. The van der Waals surface area contributed by atoms with Crippen molar-refractivity contribution in [2.45, 2.75) is 31.9 Å². The van der Waals surface area contributed by atoms with Crippen LogP contribution in [0.4, 0.5) is 0 Å². The number of phenols is 2. The lowest BCUT2D eigenvalue weighted by Gasteiger charge is -2.27. The lowest BCUT2D eigenvalue weighted by Crippen LogP contribution is -2.47. The number of likely N-dealkylation sites (N-methyl/N-ethyl adjacent to an activating group) is 1. The van der Waals surface area contributed by atoms with E-state index < -0.39 is 11.6 Å². The summed E-state index contributed by atoms with van der Waals surface area (Å²) in [5.74, 6) is -0.750. The second-order valence-corrected chi connectivity index (χ2v) is 5.64. The number of carbonyl (C=O) groups is 1. The molecule has 1 atom stereocenters. The molecule has 1 aromatic carbocycles. The Morgan fingerprint density at radius 3 is 2.45 bits per heavy atom. The number of nitrogens with two attached hydrogens (primary N) is 1. The van der Waals surface area contributed by atoms with Gasteiger partial charge in [-0.2, -0.15) is 0 Å². The second-order valence-electron chi connectivity index (χ2n) is 5.64. The Morgan fingerprint density at radius 2 is 1.95 bits per heavy atom. The Kier molecular flexibility index (Phi) is 4.97. The van der Waals surface area contributed by atoms with Crippen molar-refractivity contribution in [3.63, 3.8) is 0 Å². The van der Waals surface area contributed by atoms with Crippen LogP contribution in [-0.2, 0) is 11.2 Å². The van der Waals surface area contributed by atoms with Crippen molar-refractivity contribution in [1.82, 2.24) is 4.90 Å². The van der Waals surface area contributed by atoms with Gasteiger partial charge >= 0.3 is 0 Å². The Hall–Kier alpha value is -1.79. The molecule has 0 heterocycles. The van der Waals surface area contributed by atoms with Gasteiger partial charge in [0, 0.05) is 13.6 Å². The fraction of sp³-hybridized carbons (Fsp3) is 0.500. The predicted octanol–water partition coefficient (Wildman–Crippen LogP) is 0.197. The third-order valence-electron chi connectivity index (χ3n) is 2.81. The Labute approximate surface area is 118 Å². The SMILES string of the molecule is CN(CC(C)(C)O)C(=O)[C@@H](N)Cc1ccc(O)c(O)c1. The van der Waals surface area contributed by atoms with Crippen LogP contribution in [0.1, 0.15) is 19.4 Å². The Balaban J connectivity index is 2.68. The summed E-state index contributed by atoms with van der Waals surface area (Å²) in [6.45, 7) is 3.40. The average Bonchev–Trinajstić information content (AvgIpc) is 2.30. The van der Waals surface area contributed by atoms with Gasteiger partial charge in [-0.05, 0) is 38.0 Å². The van der Waals surface area contributed by atoms with Crippen molar-refractivity contribution in [3.05, 3.63) is 23.8 Å². The Bertz CT molecular complexity index is 483. The van der Waals surface area contributed by atoms with Crippen molar-refractivity contribution in [1.29, 1.82) is 0 Å². The summed E-state index contributed by atoms with van der Waals surface area (Å²) in [7, 11) is 1.58. The van der Waals surface area contributed by atoms with Crippen LogP contribution in [0, 0.1) is 0 Å². The molecule has 1 amide bonds. The normalized spacial score (nSPS) is 13.1. The smallest absolute Gasteiger partial charge is 0.239 e. The van der Waals surface area contributed by atoms with Crippen molar-refractivity contribution in [3.8, 4) is 11.5 Å². The first kappa shape index (κ1) is 16.3. The van der Waals surface area contributed by atoms with Gasteiger partial charge in [-0.15, -0.1) is 0 Å². The third-order valence-corrected chi connectivity index (χ3v) is 2.81. The number of amides is 1. The van der Waals surface area contributed by atoms with E-state index in [1.165, 1.54) is 17.0 Å². The molecule has 0 saturated heterocycles. The molecule has 0 bridgehead atoms. The van der Waals surface area contributed by atoms with E-state index in [0.29, 0.717) is 5.56 Å². The van der Waals surface area contributed by atoms with E-state index in [1.54, 1.807) is 27.0 Å². The van der Waals surface area contributed by atoms with Crippen LogP contribution in [0.5, 0.6) is 11.5 Å². The van der Waals surface area contributed by atoms with E-state index in [0.717, 1.165) is 0 Å². The lowest BCUT2D eigenvalue weighted by molar-refractivity contribution is -0.133. The number of rotatable bonds is 5. The van der Waals surface area contributed by atoms with Crippen molar-refractivity contribution in [2.24, 2.45) is 5.73 Å². The monoisotopic (exact) mass is 282 g/mol. The lowest BCUT2D eigenvalue weighted by atomic mass is 10.0. The number of hydrogen-bond acceptors (Lipinski definition) is 5. The number of phenolic OH excluding ortho intramolecular Hbond substituents is 2. The minimum Gasteiger partial charge on any atom is -0.504 e.